The Kier molecular flexibility index (Phi) is 10.4. The first-order valence-corrected chi connectivity index (χ1v) is 12.7. The molecule has 4 N–H and O–H groups in total. The van der Waals surface area contributed by atoms with Gasteiger partial charge in [0.05, 0.1) is 22.0 Å². The molecule has 0 saturated heterocycles. The molecule has 1 heterocycles. The standard InChI is InChI=1S/C24H35N5OS2/c1-7-8-19-16(4)11-20(19)29-24(30)18-9-10-22(27-12-18)28-14-31-13-21(26-6)23(17(5)25)32-15(2)3/h9-10,12-13,16,19-20H,2,6-8,11,14,25H2,1,3-5H3,(H,27,28)(H,29,30)/b21-13-,23-17-. The molecule has 1 saturated carbocycles. The number of nitrogens with two attached hydrogens (primary N) is 1. The Labute approximate surface area is 200 Å². The number of hydrogen-bond acceptors (Lipinski definition) is 7. The van der Waals surface area contributed by atoms with Crippen molar-refractivity contribution >= 4 is 42.0 Å². The van der Waals surface area contributed by atoms with E-state index in [1.807, 2.05) is 25.3 Å². The maximum absolute atomic E-state index is 12.6. The van der Waals surface area contributed by atoms with Gasteiger partial charge in [-0.25, -0.2) is 4.98 Å². The third-order valence-corrected chi connectivity index (χ3v) is 7.19. The highest BCUT2D eigenvalue weighted by molar-refractivity contribution is 8.07. The number of nitrogens with one attached hydrogen (secondary N) is 2. The SMILES string of the molecule is C=NC(=C\SCNc1ccc(C(=O)NC2CC(C)C2CCC)cn1)/C(SC(=C)C)=C(\C)N. The van der Waals surface area contributed by atoms with Gasteiger partial charge in [0.2, 0.25) is 0 Å². The summed E-state index contributed by atoms with van der Waals surface area (Å²) in [6, 6.07) is 3.91. The molecule has 3 atom stereocenters. The van der Waals surface area contributed by atoms with Crippen molar-refractivity contribution < 1.29 is 4.79 Å². The van der Waals surface area contributed by atoms with Gasteiger partial charge in [0.25, 0.3) is 5.91 Å². The summed E-state index contributed by atoms with van der Waals surface area (Å²) < 4.78 is 0. The van der Waals surface area contributed by atoms with E-state index in [9.17, 15) is 4.79 Å². The molecule has 0 aliphatic heterocycles. The summed E-state index contributed by atoms with van der Waals surface area (Å²) >= 11 is 3.01. The lowest BCUT2D eigenvalue weighted by molar-refractivity contribution is 0.0747. The van der Waals surface area contributed by atoms with Gasteiger partial charge < -0.3 is 16.4 Å². The van der Waals surface area contributed by atoms with Crippen LogP contribution in [0.25, 0.3) is 0 Å². The third kappa shape index (κ3) is 7.45. The van der Waals surface area contributed by atoms with Crippen LogP contribution in [0.1, 0.15) is 57.3 Å². The van der Waals surface area contributed by atoms with E-state index in [0.29, 0.717) is 34.8 Å². The minimum Gasteiger partial charge on any atom is -0.401 e. The molecule has 0 spiro atoms. The summed E-state index contributed by atoms with van der Waals surface area (Å²) in [6.45, 7) is 15.8. The molecule has 1 amide bonds. The molecular weight excluding hydrogens is 438 g/mol. The van der Waals surface area contributed by atoms with Crippen LogP contribution in [0.15, 0.2) is 56.5 Å². The van der Waals surface area contributed by atoms with Crippen LogP contribution >= 0.6 is 23.5 Å². The monoisotopic (exact) mass is 473 g/mol. The van der Waals surface area contributed by atoms with Crippen LogP contribution in [-0.2, 0) is 0 Å². The first kappa shape index (κ1) is 26.1. The topological polar surface area (TPSA) is 92.4 Å². The smallest absolute Gasteiger partial charge is 0.253 e. The predicted octanol–water partition coefficient (Wildman–Crippen LogP) is 5.74. The molecule has 174 valence electrons. The molecule has 1 aromatic heterocycles. The maximum Gasteiger partial charge on any atom is 0.253 e. The Morgan fingerprint density at radius 1 is 1.41 bits per heavy atom. The second kappa shape index (κ2) is 12.7. The lowest BCUT2D eigenvalue weighted by Gasteiger charge is -2.43. The molecule has 32 heavy (non-hydrogen) atoms. The minimum atomic E-state index is -0.0486. The number of aliphatic imine (C=N–C) groups is 1. The Morgan fingerprint density at radius 3 is 2.69 bits per heavy atom. The fourth-order valence-corrected chi connectivity index (χ4v) is 5.21. The van der Waals surface area contributed by atoms with Crippen LogP contribution in [0.3, 0.4) is 0 Å². The molecule has 2 rings (SSSR count). The van der Waals surface area contributed by atoms with Crippen molar-refractivity contribution in [2.24, 2.45) is 22.6 Å². The number of carbonyl (C=O) groups is 1. The van der Waals surface area contributed by atoms with E-state index >= 15 is 0 Å². The molecule has 0 bridgehead atoms. The number of allylic oxidation sites excluding steroid dienone is 2. The van der Waals surface area contributed by atoms with Crippen molar-refractivity contribution in [3.05, 3.63) is 57.1 Å². The Morgan fingerprint density at radius 2 is 2.16 bits per heavy atom. The Hall–Kier alpha value is -2.19. The lowest BCUT2D eigenvalue weighted by Crippen LogP contribution is -2.51. The van der Waals surface area contributed by atoms with E-state index in [-0.39, 0.29) is 11.9 Å². The molecule has 8 heteroatoms. The summed E-state index contributed by atoms with van der Waals surface area (Å²) in [6.07, 6.45) is 4.99. The molecule has 0 aromatic carbocycles. The molecule has 1 aliphatic carbocycles. The van der Waals surface area contributed by atoms with Gasteiger partial charge >= 0.3 is 0 Å². The zero-order chi connectivity index (χ0) is 23.7. The van der Waals surface area contributed by atoms with Gasteiger partial charge in [-0.2, -0.15) is 0 Å². The molecule has 6 nitrogen and oxygen atoms in total. The number of nitrogens with zero attached hydrogens (tertiary/aromatic N) is 2. The van der Waals surface area contributed by atoms with Gasteiger partial charge in [-0.3, -0.25) is 9.79 Å². The van der Waals surface area contributed by atoms with Crippen molar-refractivity contribution in [2.75, 3.05) is 11.2 Å². The quantitative estimate of drug-likeness (QED) is 0.155. The van der Waals surface area contributed by atoms with E-state index < -0.39 is 0 Å². The van der Waals surface area contributed by atoms with Crippen LogP contribution in [0.5, 0.6) is 0 Å². The van der Waals surface area contributed by atoms with Crippen molar-refractivity contribution in [1.82, 2.24) is 10.3 Å². The molecule has 1 fully saturated rings. The van der Waals surface area contributed by atoms with E-state index in [0.717, 1.165) is 34.8 Å². The van der Waals surface area contributed by atoms with Crippen LogP contribution in [-0.4, -0.2) is 29.5 Å². The van der Waals surface area contributed by atoms with Crippen LogP contribution in [0.4, 0.5) is 5.82 Å². The molecule has 3 unspecified atom stereocenters. The highest BCUT2D eigenvalue weighted by Crippen LogP contribution is 2.37. The van der Waals surface area contributed by atoms with E-state index in [2.05, 4.69) is 47.8 Å². The van der Waals surface area contributed by atoms with Crippen LogP contribution < -0.4 is 16.4 Å². The number of carbonyl (C=O) groups excluding carboxylic acids is 1. The van der Waals surface area contributed by atoms with Gasteiger partial charge in [0.1, 0.15) is 5.82 Å². The van der Waals surface area contributed by atoms with Gasteiger partial charge in [-0.15, -0.1) is 11.8 Å². The van der Waals surface area contributed by atoms with Crippen molar-refractivity contribution in [3.8, 4) is 0 Å². The predicted molar refractivity (Wildman–Crippen MR) is 141 cm³/mol. The van der Waals surface area contributed by atoms with E-state index in [4.69, 9.17) is 5.73 Å². The van der Waals surface area contributed by atoms with Gasteiger partial charge in [-0.05, 0) is 67.7 Å². The fraction of sp³-hybridized carbons (Fsp3) is 0.458. The highest BCUT2D eigenvalue weighted by Gasteiger charge is 2.38. The Bertz CT molecular complexity index is 875. The van der Waals surface area contributed by atoms with E-state index in [1.54, 1.807) is 12.3 Å². The second-order valence-electron chi connectivity index (χ2n) is 8.14. The second-order valence-corrected chi connectivity index (χ2v) is 10.3. The molecule has 1 aliphatic rings. The number of pyridine rings is 1. The summed E-state index contributed by atoms with van der Waals surface area (Å²) in [4.78, 5) is 22.8. The van der Waals surface area contributed by atoms with E-state index in [1.165, 1.54) is 23.5 Å². The average Bonchev–Trinajstić information content (AvgIpc) is 2.76. The van der Waals surface area contributed by atoms with Gasteiger partial charge in [0.15, 0.2) is 0 Å². The number of thioether (sulfide) groups is 2. The van der Waals surface area contributed by atoms with Crippen molar-refractivity contribution in [2.45, 2.75) is 53.0 Å². The number of hydrogen-bond donors (Lipinski definition) is 3. The fourth-order valence-electron chi connectivity index (χ4n) is 3.73. The van der Waals surface area contributed by atoms with Crippen LogP contribution in [0.2, 0.25) is 0 Å². The summed E-state index contributed by atoms with van der Waals surface area (Å²) in [5, 5.41) is 8.32. The van der Waals surface area contributed by atoms with Gasteiger partial charge in [-0.1, -0.05) is 38.6 Å². The third-order valence-electron chi connectivity index (χ3n) is 5.41. The number of anilines is 1. The van der Waals surface area contributed by atoms with Crippen LogP contribution in [0, 0.1) is 11.8 Å². The summed E-state index contributed by atoms with van der Waals surface area (Å²) in [7, 11) is 0. The normalized spacial score (nSPS) is 21.2. The zero-order valence-electron chi connectivity index (χ0n) is 19.5. The van der Waals surface area contributed by atoms with Crippen molar-refractivity contribution in [3.63, 3.8) is 0 Å². The average molecular weight is 474 g/mol. The number of amides is 1. The summed E-state index contributed by atoms with van der Waals surface area (Å²) in [5.41, 5.74) is 7.97. The Balaban J connectivity index is 1.87. The first-order valence-electron chi connectivity index (χ1n) is 10.9. The minimum absolute atomic E-state index is 0.0486. The first-order chi connectivity index (χ1) is 15.3. The maximum atomic E-state index is 12.6. The number of rotatable bonds is 12. The molecule has 0 radical (unpaired) electrons. The number of aromatic nitrogens is 1. The van der Waals surface area contributed by atoms with Crippen molar-refractivity contribution in [1.29, 1.82) is 0 Å². The summed E-state index contributed by atoms with van der Waals surface area (Å²) in [5.74, 6) is 2.52. The lowest BCUT2D eigenvalue weighted by atomic mass is 9.68. The highest BCUT2D eigenvalue weighted by atomic mass is 32.2. The zero-order valence-corrected chi connectivity index (χ0v) is 21.1. The molecule has 1 aromatic rings. The van der Waals surface area contributed by atoms with Gasteiger partial charge in [0, 0.05) is 17.9 Å². The largest absolute Gasteiger partial charge is 0.401 e. The molecular formula is C24H35N5OS2.